The molecule has 2 aliphatic heterocycles. The predicted octanol–water partition coefficient (Wildman–Crippen LogP) is 11.3. The SMILES string of the molecule is CC(C)CPC(C)C(C)(S)C(C)OC(C)(C)C(C)N1C(=O)c2ccc3c4ccc5c6c(ccc(c7ccc(c2c37)C1=O)c64)C(=O)N(c1cccc2ccccc12)C5=O. The normalized spacial score (nSPS) is 17.6. The summed E-state index contributed by atoms with van der Waals surface area (Å²) in [4.78, 5) is 60.6. The standard InChI is InChI=1S/C49H47N2O5PS/c1-25(2)24-57-28(5)49(8,58)27(4)56-48(6,7)26(3)50-44(52)35-20-16-31-33-18-22-37-43-38(23-19-34(41(33)43)32-17-21-36(45(50)53)42(35)40(31)32)47(55)51(46(37)54)39-15-11-13-29-12-9-10-14-30(29)39/h9-23,25-28,57-58H,24H2,1-8H3. The lowest BCUT2D eigenvalue weighted by Gasteiger charge is -2.45. The van der Waals surface area contributed by atoms with Crippen molar-refractivity contribution in [3.63, 3.8) is 0 Å². The van der Waals surface area contributed by atoms with Gasteiger partial charge in [0.1, 0.15) is 0 Å². The summed E-state index contributed by atoms with van der Waals surface area (Å²) in [5, 5.41) is 8.03. The molecule has 0 N–H and O–H groups in total. The Morgan fingerprint density at radius 2 is 1.05 bits per heavy atom. The molecule has 2 aliphatic rings. The van der Waals surface area contributed by atoms with Crippen LogP contribution in [0.15, 0.2) is 91.0 Å². The van der Waals surface area contributed by atoms with E-state index in [1.807, 2.05) is 119 Å². The average molecular weight is 807 g/mol. The van der Waals surface area contributed by atoms with E-state index in [-0.39, 0.29) is 29.7 Å². The van der Waals surface area contributed by atoms with Gasteiger partial charge in [0.25, 0.3) is 23.6 Å². The van der Waals surface area contributed by atoms with Gasteiger partial charge in [-0.05, 0) is 120 Å². The first-order chi connectivity index (χ1) is 27.5. The van der Waals surface area contributed by atoms with E-state index >= 15 is 0 Å². The number of carbonyl (C=O) groups is 4. The molecule has 5 unspecified atom stereocenters. The summed E-state index contributed by atoms with van der Waals surface area (Å²) in [6.07, 6.45) is 0.871. The molecular weight excluding hydrogens is 760 g/mol. The third-order valence-corrected chi connectivity index (χ3v) is 16.3. The zero-order chi connectivity index (χ0) is 41.2. The van der Waals surface area contributed by atoms with Gasteiger partial charge in [-0.15, -0.1) is 8.58 Å². The molecule has 0 fully saturated rings. The summed E-state index contributed by atoms with van der Waals surface area (Å²) >= 11 is 5.12. The number of imide groups is 2. The molecule has 0 aliphatic carbocycles. The fourth-order valence-corrected chi connectivity index (χ4v) is 11.0. The van der Waals surface area contributed by atoms with Crippen LogP contribution < -0.4 is 4.90 Å². The number of thiol groups is 1. The van der Waals surface area contributed by atoms with Crippen LogP contribution >= 0.6 is 21.2 Å². The lowest BCUT2D eigenvalue weighted by molar-refractivity contribution is -0.106. The lowest BCUT2D eigenvalue weighted by Crippen LogP contribution is -2.57. The van der Waals surface area contributed by atoms with Crippen LogP contribution in [0.5, 0.6) is 0 Å². The van der Waals surface area contributed by atoms with Crippen LogP contribution in [-0.4, -0.2) is 62.8 Å². The molecule has 0 saturated carbocycles. The Hall–Kier alpha value is -4.88. The molecule has 0 bridgehead atoms. The Bertz CT molecular complexity index is 2790. The van der Waals surface area contributed by atoms with Crippen molar-refractivity contribution in [3.05, 3.63) is 113 Å². The number of anilines is 1. The molecule has 4 amide bonds. The maximum atomic E-state index is 14.6. The topological polar surface area (TPSA) is 84.0 Å². The molecule has 9 heteroatoms. The van der Waals surface area contributed by atoms with Crippen LogP contribution in [0.25, 0.3) is 53.9 Å². The van der Waals surface area contributed by atoms with Crippen molar-refractivity contribution in [1.82, 2.24) is 4.90 Å². The second-order valence-electron chi connectivity index (χ2n) is 17.4. The Labute approximate surface area is 345 Å². The minimum absolute atomic E-state index is 0.257. The number of benzene rings is 7. The number of carbonyl (C=O) groups excluding carboxylic acids is 4. The highest BCUT2D eigenvalue weighted by Crippen LogP contribution is 2.48. The second-order valence-corrected chi connectivity index (χ2v) is 20.0. The molecule has 0 spiro atoms. The highest BCUT2D eigenvalue weighted by atomic mass is 32.1. The van der Waals surface area contributed by atoms with E-state index in [1.165, 1.54) is 9.80 Å². The first-order valence-corrected chi connectivity index (χ1v) is 21.9. The Morgan fingerprint density at radius 1 is 0.586 bits per heavy atom. The number of hydrogen-bond donors (Lipinski definition) is 1. The molecule has 7 aromatic carbocycles. The lowest BCUT2D eigenvalue weighted by atomic mass is 9.81. The number of amides is 4. The summed E-state index contributed by atoms with van der Waals surface area (Å²) in [5.74, 6) is -0.866. The van der Waals surface area contributed by atoms with Crippen LogP contribution in [0, 0.1) is 5.92 Å². The van der Waals surface area contributed by atoms with Crippen LogP contribution in [0.2, 0.25) is 0 Å². The summed E-state index contributed by atoms with van der Waals surface area (Å²) < 4.78 is 6.35. The number of hydrogen-bond acceptors (Lipinski definition) is 6. The maximum Gasteiger partial charge on any atom is 0.266 e. The van der Waals surface area contributed by atoms with Crippen molar-refractivity contribution < 1.29 is 23.9 Å². The molecule has 0 saturated heterocycles. The minimum atomic E-state index is -0.884. The molecular formula is C49H47N2O5PS. The number of fused-ring (bicyclic) bond motifs is 3. The monoisotopic (exact) mass is 806 g/mol. The fourth-order valence-electron chi connectivity index (χ4n) is 9.22. The van der Waals surface area contributed by atoms with Gasteiger partial charge in [-0.1, -0.05) is 81.4 Å². The van der Waals surface area contributed by atoms with Crippen molar-refractivity contribution in [1.29, 1.82) is 0 Å². The Morgan fingerprint density at radius 3 is 1.55 bits per heavy atom. The highest BCUT2D eigenvalue weighted by Gasteiger charge is 2.46. The first kappa shape index (κ1) is 38.6. The Kier molecular flexibility index (Phi) is 9.05. The van der Waals surface area contributed by atoms with E-state index in [1.54, 1.807) is 0 Å². The average Bonchev–Trinajstić information content (AvgIpc) is 3.20. The van der Waals surface area contributed by atoms with Crippen molar-refractivity contribution in [3.8, 4) is 0 Å². The molecule has 0 aromatic heterocycles. The third-order valence-electron chi connectivity index (χ3n) is 13.1. The van der Waals surface area contributed by atoms with Crippen LogP contribution in [0.3, 0.4) is 0 Å². The molecule has 7 aromatic rings. The first-order valence-electron chi connectivity index (χ1n) is 20.1. The summed E-state index contributed by atoms with van der Waals surface area (Å²) in [6, 6.07) is 27.8. The fraction of sp³-hybridized carbons (Fsp3) is 0.306. The van der Waals surface area contributed by atoms with Crippen LogP contribution in [0.1, 0.15) is 96.8 Å². The molecule has 7 nitrogen and oxygen atoms in total. The largest absolute Gasteiger partial charge is 0.369 e. The summed E-state index contributed by atoms with van der Waals surface area (Å²) in [5.41, 5.74) is 1.80. The van der Waals surface area contributed by atoms with Gasteiger partial charge in [0.2, 0.25) is 0 Å². The summed E-state index contributed by atoms with van der Waals surface area (Å²) in [7, 11) is 0.742. The van der Waals surface area contributed by atoms with E-state index in [9.17, 15) is 19.2 Å². The summed E-state index contributed by atoms with van der Waals surface area (Å²) in [6.45, 7) is 16.6. The predicted molar refractivity (Wildman–Crippen MR) is 242 cm³/mol. The molecule has 294 valence electrons. The van der Waals surface area contributed by atoms with Gasteiger partial charge in [0.05, 0.1) is 23.4 Å². The van der Waals surface area contributed by atoms with Crippen molar-refractivity contribution in [2.75, 3.05) is 11.1 Å². The van der Waals surface area contributed by atoms with Gasteiger partial charge in [-0.2, -0.15) is 12.6 Å². The van der Waals surface area contributed by atoms with Gasteiger partial charge < -0.3 is 4.74 Å². The van der Waals surface area contributed by atoms with E-state index < -0.39 is 16.4 Å². The molecule has 0 radical (unpaired) electrons. The number of ether oxygens (including phenoxy) is 1. The van der Waals surface area contributed by atoms with E-state index in [0.29, 0.717) is 50.3 Å². The zero-order valence-electron chi connectivity index (χ0n) is 34.1. The van der Waals surface area contributed by atoms with Gasteiger partial charge in [0.15, 0.2) is 0 Å². The van der Waals surface area contributed by atoms with E-state index in [0.717, 1.165) is 57.8 Å². The number of rotatable bonds is 10. The van der Waals surface area contributed by atoms with Crippen molar-refractivity contribution in [2.24, 2.45) is 5.92 Å². The maximum absolute atomic E-state index is 14.6. The molecule has 2 heterocycles. The van der Waals surface area contributed by atoms with Crippen LogP contribution in [0.4, 0.5) is 5.69 Å². The molecule has 5 atom stereocenters. The van der Waals surface area contributed by atoms with Gasteiger partial charge in [0, 0.05) is 43.2 Å². The smallest absolute Gasteiger partial charge is 0.266 e. The number of nitrogens with zero attached hydrogens (tertiary/aromatic N) is 2. The van der Waals surface area contributed by atoms with E-state index in [4.69, 9.17) is 17.4 Å². The molecule has 9 rings (SSSR count). The zero-order valence-corrected chi connectivity index (χ0v) is 36.0. The van der Waals surface area contributed by atoms with Crippen molar-refractivity contribution in [2.45, 2.75) is 83.5 Å². The van der Waals surface area contributed by atoms with Crippen molar-refractivity contribution >= 4 is 104 Å². The van der Waals surface area contributed by atoms with Crippen LogP contribution in [-0.2, 0) is 4.74 Å². The second kappa shape index (κ2) is 13.6. The van der Waals surface area contributed by atoms with E-state index in [2.05, 4.69) is 27.7 Å². The minimum Gasteiger partial charge on any atom is -0.369 e. The quantitative estimate of drug-likeness (QED) is 0.0489. The third kappa shape index (κ3) is 5.55. The van der Waals surface area contributed by atoms with Gasteiger partial charge >= 0.3 is 0 Å². The van der Waals surface area contributed by atoms with Gasteiger partial charge in [-0.25, -0.2) is 4.90 Å². The molecule has 58 heavy (non-hydrogen) atoms. The highest BCUT2D eigenvalue weighted by molar-refractivity contribution is 7.82. The Balaban J connectivity index is 1.12. The van der Waals surface area contributed by atoms with Gasteiger partial charge in [-0.3, -0.25) is 24.1 Å².